The van der Waals surface area contributed by atoms with Crippen molar-refractivity contribution in [3.8, 4) is 0 Å². The Morgan fingerprint density at radius 3 is 2.58 bits per heavy atom. The number of hydrogen-bond acceptors (Lipinski definition) is 2. The highest BCUT2D eigenvalue weighted by molar-refractivity contribution is 5.08. The van der Waals surface area contributed by atoms with E-state index in [-0.39, 0.29) is 11.2 Å². The minimum atomic E-state index is 0.229. The van der Waals surface area contributed by atoms with Crippen LogP contribution >= 0.6 is 0 Å². The van der Waals surface area contributed by atoms with Crippen LogP contribution in [0, 0.1) is 5.92 Å². The van der Waals surface area contributed by atoms with Gasteiger partial charge in [0.05, 0.1) is 23.9 Å². The molecule has 1 aliphatic carbocycles. The lowest BCUT2D eigenvalue weighted by Gasteiger charge is -2.25. The van der Waals surface area contributed by atoms with Gasteiger partial charge in [-0.3, -0.25) is 0 Å². The monoisotopic (exact) mass is 168 g/mol. The van der Waals surface area contributed by atoms with Crippen LogP contribution in [0.25, 0.3) is 0 Å². The zero-order valence-corrected chi connectivity index (χ0v) is 7.80. The fourth-order valence-electron chi connectivity index (χ4n) is 2.55. The van der Waals surface area contributed by atoms with Gasteiger partial charge in [-0.25, -0.2) is 0 Å². The number of rotatable bonds is 1. The molecule has 3 aliphatic rings. The second kappa shape index (κ2) is 1.88. The molecule has 0 radical (unpaired) electrons. The van der Waals surface area contributed by atoms with Crippen molar-refractivity contribution in [1.82, 2.24) is 0 Å². The first kappa shape index (κ1) is 7.34. The summed E-state index contributed by atoms with van der Waals surface area (Å²) in [5.41, 5.74) is 0.495. The van der Waals surface area contributed by atoms with Crippen LogP contribution < -0.4 is 0 Å². The fourth-order valence-corrected chi connectivity index (χ4v) is 2.55. The highest BCUT2D eigenvalue weighted by Gasteiger charge is 2.60. The number of fused-ring (bicyclic) bond motifs is 1. The molecule has 2 heteroatoms. The second-order valence-corrected chi connectivity index (χ2v) is 4.99. The molecule has 2 nitrogen and oxygen atoms in total. The van der Waals surface area contributed by atoms with Gasteiger partial charge >= 0.3 is 0 Å². The molecular weight excluding hydrogens is 152 g/mol. The van der Waals surface area contributed by atoms with Crippen LogP contribution in [-0.2, 0) is 9.47 Å². The second-order valence-electron chi connectivity index (χ2n) is 4.99. The van der Waals surface area contributed by atoms with E-state index in [0.717, 1.165) is 12.5 Å². The Labute approximate surface area is 73.2 Å². The first-order valence-electron chi connectivity index (χ1n) is 4.94. The fraction of sp³-hybridized carbons (Fsp3) is 1.00. The zero-order chi connectivity index (χ0) is 8.40. The normalized spacial score (nSPS) is 62.5. The average molecular weight is 168 g/mol. The largest absolute Gasteiger partial charge is 0.370 e. The summed E-state index contributed by atoms with van der Waals surface area (Å²) in [7, 11) is 0. The standard InChI is InChI=1S/C10H16O2/c1-9-4-3-7(5-8(9)12-9)10(2)6-11-10/h7-8H,3-6H2,1-2H3/t7-,8+,9+,10+/m1/s1. The van der Waals surface area contributed by atoms with E-state index >= 15 is 0 Å². The van der Waals surface area contributed by atoms with Crippen molar-refractivity contribution >= 4 is 0 Å². The van der Waals surface area contributed by atoms with E-state index in [4.69, 9.17) is 9.47 Å². The van der Waals surface area contributed by atoms with Crippen LogP contribution in [0.1, 0.15) is 33.1 Å². The summed E-state index contributed by atoms with van der Waals surface area (Å²) in [5, 5.41) is 0. The highest BCUT2D eigenvalue weighted by Crippen LogP contribution is 2.54. The third kappa shape index (κ3) is 0.882. The lowest BCUT2D eigenvalue weighted by atomic mass is 9.77. The minimum absolute atomic E-state index is 0.229. The van der Waals surface area contributed by atoms with Crippen molar-refractivity contribution in [2.45, 2.75) is 50.4 Å². The maximum Gasteiger partial charge on any atom is 0.0920 e. The molecule has 1 saturated carbocycles. The van der Waals surface area contributed by atoms with Gasteiger partial charge in [0.2, 0.25) is 0 Å². The summed E-state index contributed by atoms with van der Waals surface area (Å²) in [6.45, 7) is 5.45. The molecule has 3 fully saturated rings. The van der Waals surface area contributed by atoms with Gasteiger partial charge < -0.3 is 9.47 Å². The molecule has 0 N–H and O–H groups in total. The summed E-state index contributed by atoms with van der Waals surface area (Å²) in [6.07, 6.45) is 4.31. The van der Waals surface area contributed by atoms with E-state index < -0.39 is 0 Å². The van der Waals surface area contributed by atoms with Crippen LogP contribution in [0.3, 0.4) is 0 Å². The van der Waals surface area contributed by atoms with Gasteiger partial charge in [0, 0.05) is 0 Å². The molecule has 68 valence electrons. The Balaban J connectivity index is 1.70. The summed E-state index contributed by atoms with van der Waals surface area (Å²) in [4.78, 5) is 0. The SMILES string of the molecule is C[C@@]1([C@@H]2CC[C@]3(C)O[C@H]3C2)CO1. The van der Waals surface area contributed by atoms with Gasteiger partial charge in [0.1, 0.15) is 0 Å². The molecule has 0 spiro atoms. The molecule has 3 rings (SSSR count). The van der Waals surface area contributed by atoms with E-state index in [2.05, 4.69) is 13.8 Å². The first-order chi connectivity index (χ1) is 5.62. The van der Waals surface area contributed by atoms with Crippen molar-refractivity contribution in [1.29, 1.82) is 0 Å². The Hall–Kier alpha value is -0.0800. The van der Waals surface area contributed by atoms with Crippen molar-refractivity contribution in [2.75, 3.05) is 6.61 Å². The van der Waals surface area contributed by atoms with E-state index in [1.165, 1.54) is 19.3 Å². The van der Waals surface area contributed by atoms with Crippen LogP contribution in [0.4, 0.5) is 0 Å². The summed E-state index contributed by atoms with van der Waals surface area (Å²) >= 11 is 0. The summed E-state index contributed by atoms with van der Waals surface area (Å²) in [6, 6.07) is 0. The third-order valence-electron chi connectivity index (χ3n) is 3.99. The molecule has 0 bridgehead atoms. The smallest absolute Gasteiger partial charge is 0.0920 e. The first-order valence-corrected chi connectivity index (χ1v) is 4.94. The quantitative estimate of drug-likeness (QED) is 0.557. The number of hydrogen-bond donors (Lipinski definition) is 0. The molecule has 0 amide bonds. The third-order valence-corrected chi connectivity index (χ3v) is 3.99. The van der Waals surface area contributed by atoms with Crippen molar-refractivity contribution < 1.29 is 9.47 Å². The molecule has 0 aromatic carbocycles. The molecule has 2 heterocycles. The maximum atomic E-state index is 5.66. The lowest BCUT2D eigenvalue weighted by Crippen LogP contribution is -2.29. The minimum Gasteiger partial charge on any atom is -0.370 e. The predicted molar refractivity (Wildman–Crippen MR) is 45.0 cm³/mol. The number of epoxide rings is 2. The Morgan fingerprint density at radius 2 is 2.00 bits per heavy atom. The summed E-state index contributed by atoms with van der Waals surface area (Å²) < 4.78 is 11.1. The molecule has 12 heavy (non-hydrogen) atoms. The van der Waals surface area contributed by atoms with Crippen LogP contribution in [-0.4, -0.2) is 23.9 Å². The lowest BCUT2D eigenvalue weighted by molar-refractivity contribution is 0.191. The van der Waals surface area contributed by atoms with Crippen molar-refractivity contribution in [3.63, 3.8) is 0 Å². The van der Waals surface area contributed by atoms with Gasteiger partial charge in [0.25, 0.3) is 0 Å². The Bertz CT molecular complexity index is 222. The van der Waals surface area contributed by atoms with E-state index in [9.17, 15) is 0 Å². The van der Waals surface area contributed by atoms with Gasteiger partial charge in [0.15, 0.2) is 0 Å². The van der Waals surface area contributed by atoms with Crippen LogP contribution in [0.15, 0.2) is 0 Å². The molecule has 0 aromatic heterocycles. The zero-order valence-electron chi connectivity index (χ0n) is 7.80. The molecular formula is C10H16O2. The van der Waals surface area contributed by atoms with Gasteiger partial charge in [-0.15, -0.1) is 0 Å². The van der Waals surface area contributed by atoms with E-state index in [1.54, 1.807) is 0 Å². The van der Waals surface area contributed by atoms with Gasteiger partial charge in [-0.05, 0) is 39.0 Å². The van der Waals surface area contributed by atoms with E-state index in [0.29, 0.717) is 6.10 Å². The van der Waals surface area contributed by atoms with Crippen molar-refractivity contribution in [3.05, 3.63) is 0 Å². The Morgan fingerprint density at radius 1 is 1.25 bits per heavy atom. The van der Waals surface area contributed by atoms with Crippen molar-refractivity contribution in [2.24, 2.45) is 5.92 Å². The van der Waals surface area contributed by atoms with Crippen LogP contribution in [0.5, 0.6) is 0 Å². The average Bonchev–Trinajstić information content (AvgIpc) is 2.86. The molecule has 4 atom stereocenters. The molecule has 0 unspecified atom stereocenters. The Kier molecular flexibility index (Phi) is 1.15. The van der Waals surface area contributed by atoms with Gasteiger partial charge in [-0.1, -0.05) is 0 Å². The summed E-state index contributed by atoms with van der Waals surface area (Å²) in [5.74, 6) is 0.762. The maximum absolute atomic E-state index is 5.66. The number of ether oxygens (including phenoxy) is 2. The molecule has 2 aliphatic heterocycles. The van der Waals surface area contributed by atoms with E-state index in [1.807, 2.05) is 0 Å². The molecule has 2 saturated heterocycles. The predicted octanol–water partition coefficient (Wildman–Crippen LogP) is 1.73. The highest BCUT2D eigenvalue weighted by atomic mass is 16.6. The van der Waals surface area contributed by atoms with Gasteiger partial charge in [-0.2, -0.15) is 0 Å². The van der Waals surface area contributed by atoms with Crippen LogP contribution in [0.2, 0.25) is 0 Å². The topological polar surface area (TPSA) is 25.1 Å². The molecule has 0 aromatic rings.